The fourth-order valence-electron chi connectivity index (χ4n) is 3.91. The van der Waals surface area contributed by atoms with Crippen LogP contribution in [0, 0.1) is 0 Å². The Hall–Kier alpha value is -1.85. The van der Waals surface area contributed by atoms with Gasteiger partial charge in [0.25, 0.3) is 0 Å². The highest BCUT2D eigenvalue weighted by Crippen LogP contribution is 2.42. The molecule has 0 radical (unpaired) electrons. The summed E-state index contributed by atoms with van der Waals surface area (Å²) in [7, 11) is 2.00. The van der Waals surface area contributed by atoms with Crippen molar-refractivity contribution < 1.29 is 4.74 Å². The molecule has 0 aliphatic heterocycles. The zero-order chi connectivity index (χ0) is 20.8. The standard InChI is InChI=1S/C23H27Cl2N3O/c1-3-29-14-28-22(10-11-26)16-4-6-18-17(7-9-23(27-2)19(18)12-16)15-5-8-20(24)21(25)13-15/h4-6,8,10-13,17,23,27H,3,7,9,14,26H2,1-2H3/t17-,23-/m0/s1. The predicted octanol–water partition coefficient (Wildman–Crippen LogP) is 5.44. The van der Waals surface area contributed by atoms with Crippen molar-refractivity contribution in [2.75, 3.05) is 20.4 Å². The Morgan fingerprint density at radius 2 is 2.00 bits per heavy atom. The highest BCUT2D eigenvalue weighted by Gasteiger charge is 2.28. The Kier molecular flexibility index (Phi) is 7.73. The average Bonchev–Trinajstić information content (AvgIpc) is 2.74. The van der Waals surface area contributed by atoms with Gasteiger partial charge < -0.3 is 15.8 Å². The molecule has 2 atom stereocenters. The van der Waals surface area contributed by atoms with Crippen LogP contribution in [0.25, 0.3) is 0 Å². The summed E-state index contributed by atoms with van der Waals surface area (Å²) in [6.45, 7) is 2.89. The van der Waals surface area contributed by atoms with E-state index in [2.05, 4.69) is 34.6 Å². The fraction of sp³-hybridized carbons (Fsp3) is 0.348. The number of hydrogen-bond donors (Lipinski definition) is 2. The summed E-state index contributed by atoms with van der Waals surface area (Å²) in [5.74, 6) is 0.285. The summed E-state index contributed by atoms with van der Waals surface area (Å²) in [6, 6.07) is 12.7. The van der Waals surface area contributed by atoms with Gasteiger partial charge in [-0.15, -0.1) is 0 Å². The fourth-order valence-corrected chi connectivity index (χ4v) is 4.22. The lowest BCUT2D eigenvalue weighted by molar-refractivity contribution is 0.156. The first-order chi connectivity index (χ1) is 14.1. The molecule has 0 saturated heterocycles. The summed E-state index contributed by atoms with van der Waals surface area (Å²) in [6.07, 6.45) is 5.41. The molecule has 1 aliphatic rings. The molecule has 0 spiro atoms. The second kappa shape index (κ2) is 10.3. The summed E-state index contributed by atoms with van der Waals surface area (Å²) < 4.78 is 5.38. The molecule has 0 fully saturated rings. The van der Waals surface area contributed by atoms with Crippen LogP contribution in [0.4, 0.5) is 0 Å². The molecule has 1 aliphatic carbocycles. The summed E-state index contributed by atoms with van der Waals surface area (Å²) in [5.41, 5.74) is 11.3. The van der Waals surface area contributed by atoms with Crippen molar-refractivity contribution in [3.63, 3.8) is 0 Å². The smallest absolute Gasteiger partial charge is 0.138 e. The molecule has 0 bridgehead atoms. The minimum absolute atomic E-state index is 0.285. The van der Waals surface area contributed by atoms with Crippen LogP contribution >= 0.6 is 23.2 Å². The minimum Gasteiger partial charge on any atom is -0.405 e. The third kappa shape index (κ3) is 5.01. The van der Waals surface area contributed by atoms with E-state index in [9.17, 15) is 0 Å². The Morgan fingerprint density at radius 1 is 1.17 bits per heavy atom. The molecular formula is C23H27Cl2N3O. The Bertz CT molecular complexity index is 911. The van der Waals surface area contributed by atoms with Crippen LogP contribution in [0.5, 0.6) is 0 Å². The molecule has 2 aromatic carbocycles. The van der Waals surface area contributed by atoms with Gasteiger partial charge in [-0.25, -0.2) is 0 Å². The van der Waals surface area contributed by atoms with Crippen molar-refractivity contribution in [3.8, 4) is 0 Å². The van der Waals surface area contributed by atoms with Gasteiger partial charge in [0.15, 0.2) is 0 Å². The maximum Gasteiger partial charge on any atom is 0.138 e. The topological polar surface area (TPSA) is 59.6 Å². The Labute approximate surface area is 182 Å². The largest absolute Gasteiger partial charge is 0.405 e. The number of rotatable bonds is 7. The molecule has 4 nitrogen and oxygen atoms in total. The molecule has 3 rings (SSSR count). The first kappa shape index (κ1) is 21.8. The molecule has 2 aromatic rings. The van der Waals surface area contributed by atoms with Crippen LogP contribution in [0.1, 0.15) is 54.0 Å². The van der Waals surface area contributed by atoms with Crippen molar-refractivity contribution in [2.24, 2.45) is 10.7 Å². The van der Waals surface area contributed by atoms with Crippen molar-refractivity contribution in [3.05, 3.63) is 81.0 Å². The Morgan fingerprint density at radius 3 is 2.69 bits per heavy atom. The third-order valence-corrected chi connectivity index (χ3v) is 6.10. The van der Waals surface area contributed by atoms with Crippen molar-refractivity contribution in [1.82, 2.24) is 5.32 Å². The molecule has 0 aromatic heterocycles. The summed E-state index contributed by atoms with van der Waals surface area (Å²) in [4.78, 5) is 4.55. The van der Waals surface area contributed by atoms with Gasteiger partial charge in [-0.2, -0.15) is 0 Å². The van der Waals surface area contributed by atoms with E-state index in [1.54, 1.807) is 0 Å². The normalized spacial score (nSPS) is 19.5. The lowest BCUT2D eigenvalue weighted by atomic mass is 9.76. The number of hydrogen-bond acceptors (Lipinski definition) is 4. The first-order valence-electron chi connectivity index (χ1n) is 9.85. The van der Waals surface area contributed by atoms with Crippen LogP contribution in [-0.2, 0) is 4.74 Å². The summed E-state index contributed by atoms with van der Waals surface area (Å²) >= 11 is 12.4. The number of aliphatic imine (C=N–C) groups is 1. The van der Waals surface area contributed by atoms with E-state index in [1.165, 1.54) is 22.9 Å². The number of nitrogens with two attached hydrogens (primary N) is 1. The minimum atomic E-state index is 0.285. The van der Waals surface area contributed by atoms with Gasteiger partial charge in [0.1, 0.15) is 6.73 Å². The predicted molar refractivity (Wildman–Crippen MR) is 122 cm³/mol. The highest BCUT2D eigenvalue weighted by molar-refractivity contribution is 6.42. The molecule has 0 unspecified atom stereocenters. The zero-order valence-electron chi connectivity index (χ0n) is 16.8. The van der Waals surface area contributed by atoms with E-state index in [0.29, 0.717) is 29.4 Å². The molecule has 29 heavy (non-hydrogen) atoms. The van der Waals surface area contributed by atoms with Crippen molar-refractivity contribution >= 4 is 28.9 Å². The van der Waals surface area contributed by atoms with E-state index in [1.807, 2.05) is 32.2 Å². The van der Waals surface area contributed by atoms with E-state index in [0.717, 1.165) is 24.1 Å². The molecule has 154 valence electrons. The average molecular weight is 432 g/mol. The van der Waals surface area contributed by atoms with Gasteiger partial charge >= 0.3 is 0 Å². The van der Waals surface area contributed by atoms with Crippen LogP contribution in [0.2, 0.25) is 10.0 Å². The lowest BCUT2D eigenvalue weighted by Crippen LogP contribution is -2.24. The van der Waals surface area contributed by atoms with Crippen LogP contribution < -0.4 is 11.1 Å². The lowest BCUT2D eigenvalue weighted by Gasteiger charge is -2.32. The number of halogens is 2. The number of benzene rings is 2. The zero-order valence-corrected chi connectivity index (χ0v) is 18.3. The summed E-state index contributed by atoms with van der Waals surface area (Å²) in [5, 5.41) is 4.62. The van der Waals surface area contributed by atoms with Gasteiger partial charge in [0.05, 0.1) is 15.8 Å². The molecule has 6 heteroatoms. The molecule has 0 heterocycles. The van der Waals surface area contributed by atoms with E-state index >= 15 is 0 Å². The van der Waals surface area contributed by atoms with Crippen LogP contribution in [0.3, 0.4) is 0 Å². The van der Waals surface area contributed by atoms with E-state index < -0.39 is 0 Å². The number of allylic oxidation sites excluding steroid dienone is 1. The maximum atomic E-state index is 6.29. The quantitative estimate of drug-likeness (QED) is 0.453. The molecule has 3 N–H and O–H groups in total. The van der Waals surface area contributed by atoms with E-state index in [4.69, 9.17) is 33.7 Å². The second-order valence-electron chi connectivity index (χ2n) is 7.01. The second-order valence-corrected chi connectivity index (χ2v) is 7.83. The molecule has 0 amide bonds. The number of fused-ring (bicyclic) bond motifs is 1. The maximum absolute atomic E-state index is 6.29. The SMILES string of the molecule is CCOCN=C(C=CN)c1ccc2c(c1)[C@@H](NC)CC[C@H]2c1ccc(Cl)c(Cl)c1. The van der Waals surface area contributed by atoms with E-state index in [-0.39, 0.29) is 5.92 Å². The number of nitrogens with one attached hydrogen (secondary N) is 1. The van der Waals surface area contributed by atoms with Gasteiger partial charge in [-0.05, 0) is 74.0 Å². The number of ether oxygens (including phenoxy) is 1. The Balaban J connectivity index is 2.02. The van der Waals surface area contributed by atoms with Gasteiger partial charge in [0.2, 0.25) is 0 Å². The highest BCUT2D eigenvalue weighted by atomic mass is 35.5. The van der Waals surface area contributed by atoms with Gasteiger partial charge in [0, 0.05) is 24.1 Å². The molecular weight excluding hydrogens is 405 g/mol. The number of nitrogens with zero attached hydrogens (tertiary/aromatic N) is 1. The van der Waals surface area contributed by atoms with Gasteiger partial charge in [-0.3, -0.25) is 4.99 Å². The molecule has 0 saturated carbocycles. The van der Waals surface area contributed by atoms with Crippen molar-refractivity contribution in [1.29, 1.82) is 0 Å². The first-order valence-corrected chi connectivity index (χ1v) is 10.6. The third-order valence-electron chi connectivity index (χ3n) is 5.36. The van der Waals surface area contributed by atoms with Crippen molar-refractivity contribution in [2.45, 2.75) is 31.7 Å². The van der Waals surface area contributed by atoms with Gasteiger partial charge in [-0.1, -0.05) is 41.4 Å². The monoisotopic (exact) mass is 431 g/mol. The van der Waals surface area contributed by atoms with Crippen LogP contribution in [0.15, 0.2) is 53.7 Å². The van der Waals surface area contributed by atoms with Crippen LogP contribution in [-0.4, -0.2) is 26.1 Å².